The number of aliphatic imine (C=N–C) groups is 1. The van der Waals surface area contributed by atoms with Gasteiger partial charge in [0.1, 0.15) is 12.0 Å². The van der Waals surface area contributed by atoms with Crippen LogP contribution in [0.2, 0.25) is 0 Å². The first-order valence-electron chi connectivity index (χ1n) is 10.8. The van der Waals surface area contributed by atoms with Gasteiger partial charge in [-0.1, -0.05) is 6.92 Å². The number of nitrogens with one attached hydrogen (secondary N) is 1. The quantitative estimate of drug-likeness (QED) is 0.294. The average Bonchev–Trinajstić information content (AvgIpc) is 3.63. The van der Waals surface area contributed by atoms with Crippen molar-refractivity contribution in [2.24, 2.45) is 10.7 Å². The van der Waals surface area contributed by atoms with Crippen LogP contribution in [0.1, 0.15) is 48.5 Å². The lowest BCUT2D eigenvalue weighted by molar-refractivity contribution is -0.115. The molecule has 3 heterocycles. The number of amides is 1. The van der Waals surface area contributed by atoms with Crippen molar-refractivity contribution in [3.8, 4) is 11.4 Å². The van der Waals surface area contributed by atoms with Gasteiger partial charge >= 0.3 is 0 Å². The van der Waals surface area contributed by atoms with Crippen LogP contribution in [0.4, 0.5) is 11.5 Å². The molecule has 0 radical (unpaired) electrons. The van der Waals surface area contributed by atoms with Gasteiger partial charge in [-0.2, -0.15) is 0 Å². The molecule has 10 heteroatoms. The molecule has 170 valence electrons. The Balaban J connectivity index is 1.65. The fourth-order valence-corrected chi connectivity index (χ4v) is 4.16. The molecule has 9 nitrogen and oxygen atoms in total. The van der Waals surface area contributed by atoms with E-state index in [0.29, 0.717) is 34.6 Å². The van der Waals surface area contributed by atoms with Crippen molar-refractivity contribution in [2.45, 2.75) is 50.8 Å². The first-order valence-corrected chi connectivity index (χ1v) is 11.8. The molecule has 1 fully saturated rings. The van der Waals surface area contributed by atoms with Gasteiger partial charge in [-0.25, -0.2) is 24.9 Å². The third-order valence-electron chi connectivity index (χ3n) is 5.22. The predicted octanol–water partition coefficient (Wildman–Crippen LogP) is 3.73. The Morgan fingerprint density at radius 3 is 2.70 bits per heavy atom. The number of pyridine rings is 1. The number of rotatable bonds is 8. The predicted molar refractivity (Wildman–Crippen MR) is 130 cm³/mol. The van der Waals surface area contributed by atoms with Gasteiger partial charge in [-0.3, -0.25) is 9.78 Å². The standard InChI is InChI=1S/C23H26N8OS/c1-4-33-17-8-7-16(25-10-17)9-18(32)30-23-20(26-11-24)14(3)29-22(31-23)19-13(2)27-12-28-21(19)15-5-6-15/h7-8,10-12,15H,4-6,9H2,1-3H3,(H2,24,26)(H,29,30,31,32). The Labute approximate surface area is 196 Å². The van der Waals surface area contributed by atoms with Crippen LogP contribution in [-0.4, -0.2) is 42.9 Å². The van der Waals surface area contributed by atoms with Crippen LogP contribution < -0.4 is 11.1 Å². The lowest BCUT2D eigenvalue weighted by Crippen LogP contribution is -2.17. The van der Waals surface area contributed by atoms with Gasteiger partial charge in [0.05, 0.1) is 35.4 Å². The van der Waals surface area contributed by atoms with Crippen molar-refractivity contribution in [1.82, 2.24) is 24.9 Å². The Kier molecular flexibility index (Phi) is 6.93. The lowest BCUT2D eigenvalue weighted by Gasteiger charge is -2.14. The van der Waals surface area contributed by atoms with E-state index in [0.717, 1.165) is 40.4 Å². The summed E-state index contributed by atoms with van der Waals surface area (Å²) in [6, 6.07) is 3.83. The Hall–Kier alpha value is -3.40. The second kappa shape index (κ2) is 10.0. The summed E-state index contributed by atoms with van der Waals surface area (Å²) in [7, 11) is 0. The molecule has 1 saturated carbocycles. The number of aryl methyl sites for hydroxylation is 2. The fourth-order valence-electron chi connectivity index (χ4n) is 3.54. The van der Waals surface area contributed by atoms with Crippen LogP contribution in [0.15, 0.2) is 34.5 Å². The van der Waals surface area contributed by atoms with E-state index >= 15 is 0 Å². The van der Waals surface area contributed by atoms with Gasteiger partial charge in [-0.05, 0) is 44.6 Å². The third kappa shape index (κ3) is 5.33. The lowest BCUT2D eigenvalue weighted by atomic mass is 10.1. The molecule has 1 aliphatic rings. The number of aromatic nitrogens is 5. The van der Waals surface area contributed by atoms with Crippen LogP contribution >= 0.6 is 11.8 Å². The zero-order chi connectivity index (χ0) is 23.4. The molecular weight excluding hydrogens is 436 g/mol. The van der Waals surface area contributed by atoms with Crippen molar-refractivity contribution < 1.29 is 4.79 Å². The highest BCUT2D eigenvalue weighted by Gasteiger charge is 2.30. The maximum atomic E-state index is 12.8. The molecule has 0 saturated heterocycles. The molecule has 0 unspecified atom stereocenters. The molecule has 0 aliphatic heterocycles. The number of carbonyl (C=O) groups excluding carboxylic acids is 1. The molecule has 0 atom stereocenters. The summed E-state index contributed by atoms with van der Waals surface area (Å²) in [4.78, 5) is 40.6. The molecule has 0 aromatic carbocycles. The number of anilines is 1. The molecule has 3 aromatic rings. The summed E-state index contributed by atoms with van der Waals surface area (Å²) in [6.07, 6.45) is 6.81. The first kappa shape index (κ1) is 22.8. The van der Waals surface area contributed by atoms with Crippen LogP contribution in [0, 0.1) is 13.8 Å². The Bertz CT molecular complexity index is 1190. The van der Waals surface area contributed by atoms with Crippen LogP contribution in [-0.2, 0) is 11.2 Å². The van der Waals surface area contributed by atoms with Gasteiger partial charge in [0, 0.05) is 22.7 Å². The van der Waals surface area contributed by atoms with Crippen molar-refractivity contribution in [1.29, 1.82) is 0 Å². The van der Waals surface area contributed by atoms with E-state index in [9.17, 15) is 4.79 Å². The molecule has 1 amide bonds. The highest BCUT2D eigenvalue weighted by Crippen LogP contribution is 2.43. The Morgan fingerprint density at radius 2 is 2.03 bits per heavy atom. The van der Waals surface area contributed by atoms with Gasteiger partial charge in [-0.15, -0.1) is 11.8 Å². The van der Waals surface area contributed by atoms with Crippen molar-refractivity contribution in [3.05, 3.63) is 47.4 Å². The minimum absolute atomic E-state index is 0.113. The normalized spacial score (nSPS) is 13.4. The summed E-state index contributed by atoms with van der Waals surface area (Å²) in [5.41, 5.74) is 9.79. The van der Waals surface area contributed by atoms with E-state index in [2.05, 4.69) is 42.2 Å². The molecule has 33 heavy (non-hydrogen) atoms. The smallest absolute Gasteiger partial charge is 0.231 e. The molecule has 3 aromatic heterocycles. The maximum Gasteiger partial charge on any atom is 0.231 e. The van der Waals surface area contributed by atoms with Gasteiger partial charge < -0.3 is 11.1 Å². The van der Waals surface area contributed by atoms with Crippen LogP contribution in [0.3, 0.4) is 0 Å². The molecular formula is C23H26N8OS. The average molecular weight is 463 g/mol. The minimum atomic E-state index is -0.251. The summed E-state index contributed by atoms with van der Waals surface area (Å²) >= 11 is 1.70. The van der Waals surface area contributed by atoms with Crippen molar-refractivity contribution in [3.63, 3.8) is 0 Å². The van der Waals surface area contributed by atoms with E-state index in [1.165, 1.54) is 6.34 Å². The number of carbonyl (C=O) groups is 1. The highest BCUT2D eigenvalue weighted by atomic mass is 32.2. The van der Waals surface area contributed by atoms with Crippen LogP contribution in [0.25, 0.3) is 11.4 Å². The second-order valence-corrected chi connectivity index (χ2v) is 9.08. The van der Waals surface area contributed by atoms with Gasteiger partial charge in [0.2, 0.25) is 5.91 Å². The number of nitrogens with zero attached hydrogens (tertiary/aromatic N) is 6. The third-order valence-corrected chi connectivity index (χ3v) is 6.09. The first-order chi connectivity index (χ1) is 16.0. The van der Waals surface area contributed by atoms with Crippen molar-refractivity contribution in [2.75, 3.05) is 11.1 Å². The summed E-state index contributed by atoms with van der Waals surface area (Å²) in [6.45, 7) is 5.81. The molecule has 3 N–H and O–H groups in total. The van der Waals surface area contributed by atoms with E-state index in [1.54, 1.807) is 24.3 Å². The van der Waals surface area contributed by atoms with Gasteiger partial charge in [0.15, 0.2) is 11.6 Å². The van der Waals surface area contributed by atoms with E-state index in [1.807, 2.05) is 26.0 Å². The number of thioether (sulfide) groups is 1. The zero-order valence-electron chi connectivity index (χ0n) is 18.9. The minimum Gasteiger partial charge on any atom is -0.390 e. The molecule has 0 bridgehead atoms. The summed E-state index contributed by atoms with van der Waals surface area (Å²) < 4.78 is 0. The SMILES string of the molecule is CCSc1ccc(CC(=O)Nc2nc(-c3c(C)ncnc3C3CC3)nc(C)c2N=CN)nc1. The fraction of sp³-hybridized carbons (Fsp3) is 0.348. The summed E-state index contributed by atoms with van der Waals surface area (Å²) in [5, 5.41) is 2.87. The van der Waals surface area contributed by atoms with Gasteiger partial charge in [0.25, 0.3) is 0 Å². The second-order valence-electron chi connectivity index (χ2n) is 7.74. The van der Waals surface area contributed by atoms with E-state index in [4.69, 9.17) is 5.73 Å². The Morgan fingerprint density at radius 1 is 1.21 bits per heavy atom. The van der Waals surface area contributed by atoms with Crippen LogP contribution in [0.5, 0.6) is 0 Å². The largest absolute Gasteiger partial charge is 0.390 e. The zero-order valence-corrected chi connectivity index (χ0v) is 19.7. The van der Waals surface area contributed by atoms with Crippen molar-refractivity contribution >= 4 is 35.5 Å². The molecule has 4 rings (SSSR count). The molecule has 0 spiro atoms. The number of nitrogens with two attached hydrogens (primary N) is 1. The topological polar surface area (TPSA) is 132 Å². The summed E-state index contributed by atoms with van der Waals surface area (Å²) in [5.74, 6) is 1.88. The van der Waals surface area contributed by atoms with E-state index < -0.39 is 0 Å². The van der Waals surface area contributed by atoms with E-state index in [-0.39, 0.29) is 12.3 Å². The number of hydrogen-bond donors (Lipinski definition) is 2. The number of hydrogen-bond acceptors (Lipinski definition) is 8. The highest BCUT2D eigenvalue weighted by molar-refractivity contribution is 7.99. The molecule has 1 aliphatic carbocycles. The maximum absolute atomic E-state index is 12.8. The monoisotopic (exact) mass is 462 g/mol.